The van der Waals surface area contributed by atoms with Crippen molar-refractivity contribution in [2.75, 3.05) is 6.61 Å². The zero-order valence-corrected chi connectivity index (χ0v) is 23.0. The van der Waals surface area contributed by atoms with Gasteiger partial charge < -0.3 is 23.7 Å². The standard InChI is InChI=1S/C35H36O6/c36-33-21-31(38-23-28-15-7-2-8-16-28)34(40-25-30-19-11-4-12-20-30)35(41-33)32(39-24-29-17-9-3-10-18-29)26-37-22-27-13-5-1-6-14-27/h1-20,31-32,34-35H,21-26H2/t31-,32-,34-,35-/m1/s1. The van der Waals surface area contributed by atoms with E-state index in [1.807, 2.05) is 121 Å². The lowest BCUT2D eigenvalue weighted by atomic mass is 9.97. The van der Waals surface area contributed by atoms with Crippen LogP contribution >= 0.6 is 0 Å². The van der Waals surface area contributed by atoms with Gasteiger partial charge in [-0.05, 0) is 22.3 Å². The fraction of sp³-hybridized carbons (Fsp3) is 0.286. The summed E-state index contributed by atoms with van der Waals surface area (Å²) in [7, 11) is 0. The third kappa shape index (κ3) is 8.84. The molecule has 0 saturated carbocycles. The molecule has 0 radical (unpaired) electrons. The molecule has 0 bridgehead atoms. The van der Waals surface area contributed by atoms with E-state index in [0.29, 0.717) is 26.4 Å². The summed E-state index contributed by atoms with van der Waals surface area (Å²) in [4.78, 5) is 12.9. The van der Waals surface area contributed by atoms with Crippen molar-refractivity contribution in [1.29, 1.82) is 0 Å². The summed E-state index contributed by atoms with van der Waals surface area (Å²) in [5.74, 6) is -0.344. The topological polar surface area (TPSA) is 63.2 Å². The summed E-state index contributed by atoms with van der Waals surface area (Å²) in [5.41, 5.74) is 4.11. The summed E-state index contributed by atoms with van der Waals surface area (Å²) >= 11 is 0. The fourth-order valence-corrected chi connectivity index (χ4v) is 4.83. The van der Waals surface area contributed by atoms with Crippen LogP contribution in [0.5, 0.6) is 0 Å². The number of cyclic esters (lactones) is 1. The zero-order chi connectivity index (χ0) is 28.1. The number of carbonyl (C=O) groups excluding carboxylic acids is 1. The van der Waals surface area contributed by atoms with E-state index in [1.54, 1.807) is 0 Å². The highest BCUT2D eigenvalue weighted by Crippen LogP contribution is 2.28. The molecule has 0 unspecified atom stereocenters. The van der Waals surface area contributed by atoms with Gasteiger partial charge >= 0.3 is 5.97 Å². The van der Waals surface area contributed by atoms with Crippen LogP contribution in [-0.2, 0) is 54.9 Å². The molecule has 1 saturated heterocycles. The molecule has 0 amide bonds. The Labute approximate surface area is 241 Å². The second kappa shape index (κ2) is 15.3. The van der Waals surface area contributed by atoms with Crippen molar-refractivity contribution in [3.8, 4) is 0 Å². The monoisotopic (exact) mass is 552 g/mol. The molecule has 1 heterocycles. The third-order valence-corrected chi connectivity index (χ3v) is 6.98. The molecule has 0 spiro atoms. The minimum absolute atomic E-state index is 0.0963. The Kier molecular flexibility index (Phi) is 10.7. The number of hydrogen-bond donors (Lipinski definition) is 0. The molecule has 1 fully saturated rings. The smallest absolute Gasteiger partial charge is 0.308 e. The number of esters is 1. The number of carbonyl (C=O) groups is 1. The van der Waals surface area contributed by atoms with Gasteiger partial charge in [-0.15, -0.1) is 0 Å². The van der Waals surface area contributed by atoms with Gasteiger partial charge in [-0.1, -0.05) is 121 Å². The van der Waals surface area contributed by atoms with Crippen molar-refractivity contribution >= 4 is 5.97 Å². The van der Waals surface area contributed by atoms with Gasteiger partial charge in [0.1, 0.15) is 12.2 Å². The highest BCUT2D eigenvalue weighted by Gasteiger charge is 2.45. The molecule has 0 N–H and O–H groups in total. The van der Waals surface area contributed by atoms with E-state index in [4.69, 9.17) is 23.7 Å². The van der Waals surface area contributed by atoms with Crippen molar-refractivity contribution in [3.05, 3.63) is 144 Å². The van der Waals surface area contributed by atoms with Crippen LogP contribution in [0.2, 0.25) is 0 Å². The minimum Gasteiger partial charge on any atom is -0.457 e. The molecule has 6 heteroatoms. The molecule has 4 atom stereocenters. The summed E-state index contributed by atoms with van der Waals surface area (Å²) in [6.07, 6.45) is -2.27. The van der Waals surface area contributed by atoms with Crippen molar-refractivity contribution in [2.24, 2.45) is 0 Å². The predicted octanol–water partition coefficient (Wildman–Crippen LogP) is 6.27. The fourth-order valence-electron chi connectivity index (χ4n) is 4.83. The van der Waals surface area contributed by atoms with Crippen molar-refractivity contribution in [3.63, 3.8) is 0 Å². The first-order valence-corrected chi connectivity index (χ1v) is 14.0. The Hall–Kier alpha value is -3.81. The van der Waals surface area contributed by atoms with Gasteiger partial charge in [0.05, 0.1) is 45.6 Å². The molecule has 212 valence electrons. The van der Waals surface area contributed by atoms with E-state index in [9.17, 15) is 4.79 Å². The Balaban J connectivity index is 1.36. The molecule has 4 aromatic carbocycles. The van der Waals surface area contributed by atoms with E-state index >= 15 is 0 Å². The van der Waals surface area contributed by atoms with Crippen LogP contribution in [0.3, 0.4) is 0 Å². The van der Waals surface area contributed by atoms with E-state index < -0.39 is 24.4 Å². The molecular weight excluding hydrogens is 516 g/mol. The Bertz CT molecular complexity index is 1300. The summed E-state index contributed by atoms with van der Waals surface area (Å²) in [6, 6.07) is 39.7. The van der Waals surface area contributed by atoms with Gasteiger partial charge in [0.15, 0.2) is 6.10 Å². The van der Waals surface area contributed by atoms with E-state index in [-0.39, 0.29) is 19.0 Å². The molecule has 4 aromatic rings. The van der Waals surface area contributed by atoms with Crippen LogP contribution < -0.4 is 0 Å². The van der Waals surface area contributed by atoms with E-state index in [1.165, 1.54) is 0 Å². The molecule has 41 heavy (non-hydrogen) atoms. The Morgan fingerprint density at radius 1 is 0.610 bits per heavy atom. The van der Waals surface area contributed by atoms with Gasteiger partial charge in [-0.25, -0.2) is 0 Å². The maximum absolute atomic E-state index is 12.9. The van der Waals surface area contributed by atoms with Crippen molar-refractivity contribution in [1.82, 2.24) is 0 Å². The molecular formula is C35H36O6. The average molecular weight is 553 g/mol. The lowest BCUT2D eigenvalue weighted by Crippen LogP contribution is -2.55. The SMILES string of the molecule is O=C1C[C@@H](OCc2ccccc2)[C@@H](OCc2ccccc2)[C@@H]([C@@H](COCc2ccccc2)OCc2ccccc2)O1. The van der Waals surface area contributed by atoms with Crippen LogP contribution in [-0.4, -0.2) is 37.0 Å². The first kappa shape index (κ1) is 28.7. The highest BCUT2D eigenvalue weighted by atomic mass is 16.6. The first-order chi connectivity index (χ1) is 20.2. The quantitative estimate of drug-likeness (QED) is 0.172. The summed E-state index contributed by atoms with van der Waals surface area (Å²) < 4.78 is 31.3. The number of rotatable bonds is 14. The van der Waals surface area contributed by atoms with E-state index in [0.717, 1.165) is 22.3 Å². The summed E-state index contributed by atoms with van der Waals surface area (Å²) in [5, 5.41) is 0. The van der Waals surface area contributed by atoms with Gasteiger partial charge in [-0.2, -0.15) is 0 Å². The summed E-state index contributed by atoms with van der Waals surface area (Å²) in [6.45, 7) is 1.68. The van der Waals surface area contributed by atoms with Crippen LogP contribution in [0.25, 0.3) is 0 Å². The molecule has 5 rings (SSSR count). The maximum Gasteiger partial charge on any atom is 0.308 e. The molecule has 6 nitrogen and oxygen atoms in total. The lowest BCUT2D eigenvalue weighted by Gasteiger charge is -2.40. The van der Waals surface area contributed by atoms with Crippen LogP contribution in [0.4, 0.5) is 0 Å². The van der Waals surface area contributed by atoms with Crippen LogP contribution in [0.1, 0.15) is 28.7 Å². The highest BCUT2D eigenvalue weighted by molar-refractivity contribution is 5.71. The van der Waals surface area contributed by atoms with Gasteiger partial charge in [-0.3, -0.25) is 4.79 Å². The molecule has 0 aliphatic carbocycles. The van der Waals surface area contributed by atoms with Crippen LogP contribution in [0.15, 0.2) is 121 Å². The van der Waals surface area contributed by atoms with Crippen molar-refractivity contribution in [2.45, 2.75) is 57.3 Å². The van der Waals surface area contributed by atoms with Crippen LogP contribution in [0, 0.1) is 0 Å². The second-order valence-corrected chi connectivity index (χ2v) is 10.1. The molecule has 1 aliphatic heterocycles. The normalized spacial score (nSPS) is 19.4. The van der Waals surface area contributed by atoms with E-state index in [2.05, 4.69) is 0 Å². The second-order valence-electron chi connectivity index (χ2n) is 10.1. The van der Waals surface area contributed by atoms with Gasteiger partial charge in [0.25, 0.3) is 0 Å². The number of hydrogen-bond acceptors (Lipinski definition) is 6. The number of benzene rings is 4. The Morgan fingerprint density at radius 2 is 1.07 bits per heavy atom. The molecule has 0 aromatic heterocycles. The first-order valence-electron chi connectivity index (χ1n) is 14.0. The largest absolute Gasteiger partial charge is 0.457 e. The average Bonchev–Trinajstić information content (AvgIpc) is 3.03. The predicted molar refractivity (Wildman–Crippen MR) is 156 cm³/mol. The van der Waals surface area contributed by atoms with Gasteiger partial charge in [0.2, 0.25) is 0 Å². The zero-order valence-electron chi connectivity index (χ0n) is 23.0. The maximum atomic E-state index is 12.9. The molecule has 1 aliphatic rings. The lowest BCUT2D eigenvalue weighted by molar-refractivity contribution is -0.223. The Morgan fingerprint density at radius 3 is 1.61 bits per heavy atom. The van der Waals surface area contributed by atoms with Gasteiger partial charge in [0, 0.05) is 0 Å². The third-order valence-electron chi connectivity index (χ3n) is 6.98. The van der Waals surface area contributed by atoms with Crippen molar-refractivity contribution < 1.29 is 28.5 Å². The number of ether oxygens (including phenoxy) is 5. The minimum atomic E-state index is -0.722.